The summed E-state index contributed by atoms with van der Waals surface area (Å²) < 4.78 is 32.3. The number of aryl methyl sites for hydroxylation is 1. The number of ether oxygens (including phenoxy) is 1. The van der Waals surface area contributed by atoms with Gasteiger partial charge in [0.1, 0.15) is 0 Å². The molecule has 16 heavy (non-hydrogen) atoms. The number of nitrogens with one attached hydrogen (secondary N) is 1. The Morgan fingerprint density at radius 3 is 2.88 bits per heavy atom. The molecule has 0 atom stereocenters. The number of hydrogen-bond acceptors (Lipinski definition) is 4. The van der Waals surface area contributed by atoms with Gasteiger partial charge >= 0.3 is 0 Å². The van der Waals surface area contributed by atoms with Crippen LogP contribution in [0.3, 0.4) is 0 Å². The molecule has 1 aromatic rings. The van der Waals surface area contributed by atoms with Gasteiger partial charge in [-0.05, 0) is 6.07 Å². The van der Waals surface area contributed by atoms with Crippen molar-refractivity contribution in [1.82, 2.24) is 14.5 Å². The number of sulfonamides is 1. The number of halogens is 1. The number of rotatable bonds is 7. The molecule has 0 saturated carbocycles. The second-order valence-corrected chi connectivity index (χ2v) is 5.50. The van der Waals surface area contributed by atoms with Crippen molar-refractivity contribution in [3.05, 3.63) is 12.3 Å². The topological polar surface area (TPSA) is 73.2 Å². The first kappa shape index (κ1) is 13.6. The van der Waals surface area contributed by atoms with Crippen LogP contribution in [0.15, 0.2) is 17.3 Å². The van der Waals surface area contributed by atoms with Crippen LogP contribution in [0, 0.1) is 0 Å². The van der Waals surface area contributed by atoms with E-state index in [1.54, 1.807) is 7.05 Å². The second kappa shape index (κ2) is 6.33. The SMILES string of the molecule is Cn1nccc1S(=O)(=O)NCCOCCBr. The predicted molar refractivity (Wildman–Crippen MR) is 63.0 cm³/mol. The minimum absolute atomic E-state index is 0.146. The van der Waals surface area contributed by atoms with Gasteiger partial charge in [0, 0.05) is 18.9 Å². The molecule has 8 heteroatoms. The maximum Gasteiger partial charge on any atom is 0.257 e. The van der Waals surface area contributed by atoms with Gasteiger partial charge < -0.3 is 4.74 Å². The lowest BCUT2D eigenvalue weighted by Gasteiger charge is -2.06. The number of aromatic nitrogens is 2. The Hall–Kier alpha value is -0.440. The van der Waals surface area contributed by atoms with E-state index in [4.69, 9.17) is 4.74 Å². The molecule has 0 radical (unpaired) electrons. The van der Waals surface area contributed by atoms with E-state index in [1.165, 1.54) is 16.9 Å². The van der Waals surface area contributed by atoms with Gasteiger partial charge in [0.2, 0.25) is 0 Å². The van der Waals surface area contributed by atoms with Gasteiger partial charge in [-0.15, -0.1) is 0 Å². The highest BCUT2D eigenvalue weighted by molar-refractivity contribution is 9.09. The summed E-state index contributed by atoms with van der Waals surface area (Å²) in [4.78, 5) is 0. The van der Waals surface area contributed by atoms with E-state index in [2.05, 4.69) is 25.8 Å². The highest BCUT2D eigenvalue weighted by atomic mass is 79.9. The van der Waals surface area contributed by atoms with Crippen LogP contribution in [0.4, 0.5) is 0 Å². The third kappa shape index (κ3) is 3.85. The first-order valence-corrected chi connectivity index (χ1v) is 7.30. The molecule has 0 aliphatic rings. The van der Waals surface area contributed by atoms with Crippen molar-refractivity contribution in [2.24, 2.45) is 7.05 Å². The molecule has 1 N–H and O–H groups in total. The summed E-state index contributed by atoms with van der Waals surface area (Å²) in [5.74, 6) is 0. The average Bonchev–Trinajstić information content (AvgIpc) is 2.65. The monoisotopic (exact) mass is 311 g/mol. The molecule has 0 aromatic carbocycles. The first-order chi connectivity index (χ1) is 7.58. The van der Waals surface area contributed by atoms with Crippen LogP contribution < -0.4 is 4.72 Å². The highest BCUT2D eigenvalue weighted by Crippen LogP contribution is 2.04. The van der Waals surface area contributed by atoms with Gasteiger partial charge in [-0.1, -0.05) is 15.9 Å². The zero-order valence-corrected chi connectivity index (χ0v) is 11.3. The normalized spacial score (nSPS) is 11.9. The third-order valence-electron chi connectivity index (χ3n) is 1.81. The van der Waals surface area contributed by atoms with Crippen molar-refractivity contribution in [3.63, 3.8) is 0 Å². The Morgan fingerprint density at radius 2 is 2.31 bits per heavy atom. The number of nitrogens with zero attached hydrogens (tertiary/aromatic N) is 2. The van der Waals surface area contributed by atoms with Gasteiger partial charge in [-0.25, -0.2) is 13.1 Å². The van der Waals surface area contributed by atoms with Crippen LogP contribution >= 0.6 is 15.9 Å². The predicted octanol–water partition coefficient (Wildman–Crippen LogP) is 0.110. The van der Waals surface area contributed by atoms with Crippen molar-refractivity contribution in [3.8, 4) is 0 Å². The summed E-state index contributed by atoms with van der Waals surface area (Å²) in [6, 6.07) is 1.45. The van der Waals surface area contributed by atoms with Crippen molar-refractivity contribution in [1.29, 1.82) is 0 Å². The average molecular weight is 312 g/mol. The lowest BCUT2D eigenvalue weighted by Crippen LogP contribution is -2.29. The molecule has 0 fully saturated rings. The molecule has 0 amide bonds. The van der Waals surface area contributed by atoms with E-state index in [0.717, 1.165) is 5.33 Å². The van der Waals surface area contributed by atoms with Crippen LogP contribution in [0.5, 0.6) is 0 Å². The van der Waals surface area contributed by atoms with E-state index in [0.29, 0.717) is 13.2 Å². The lowest BCUT2D eigenvalue weighted by molar-refractivity contribution is 0.156. The summed E-state index contributed by atoms with van der Waals surface area (Å²) in [5, 5.41) is 4.68. The first-order valence-electron chi connectivity index (χ1n) is 4.69. The van der Waals surface area contributed by atoms with Gasteiger partial charge in [0.25, 0.3) is 10.0 Å². The van der Waals surface area contributed by atoms with E-state index in [1.807, 2.05) is 0 Å². The van der Waals surface area contributed by atoms with Gasteiger partial charge in [0.15, 0.2) is 5.03 Å². The van der Waals surface area contributed by atoms with E-state index in [-0.39, 0.29) is 11.6 Å². The Bertz CT molecular complexity index is 418. The van der Waals surface area contributed by atoms with E-state index < -0.39 is 10.0 Å². The molecule has 0 aliphatic heterocycles. The molecule has 0 unspecified atom stereocenters. The van der Waals surface area contributed by atoms with Crippen molar-refractivity contribution < 1.29 is 13.2 Å². The van der Waals surface area contributed by atoms with Crippen LogP contribution in [0.2, 0.25) is 0 Å². The number of alkyl halides is 1. The maximum absolute atomic E-state index is 11.7. The quantitative estimate of drug-likeness (QED) is 0.573. The summed E-state index contributed by atoms with van der Waals surface area (Å²) in [6.45, 7) is 1.16. The van der Waals surface area contributed by atoms with Gasteiger partial charge in [0.05, 0.1) is 19.4 Å². The Morgan fingerprint density at radius 1 is 1.56 bits per heavy atom. The molecule has 0 spiro atoms. The smallest absolute Gasteiger partial charge is 0.257 e. The van der Waals surface area contributed by atoms with E-state index >= 15 is 0 Å². The molecular formula is C8H14BrN3O3S. The summed E-state index contributed by atoms with van der Waals surface area (Å²) in [6.07, 6.45) is 1.44. The standard InChI is InChI=1S/C8H14BrN3O3S/c1-12-8(2-4-10-12)16(13,14)11-5-7-15-6-3-9/h2,4,11H,3,5-7H2,1H3. The van der Waals surface area contributed by atoms with Crippen LogP contribution in [-0.4, -0.2) is 43.3 Å². The molecule has 1 heterocycles. The summed E-state index contributed by atoms with van der Waals surface area (Å²) in [5.41, 5.74) is 0. The zero-order chi connectivity index (χ0) is 12.0. The largest absolute Gasteiger partial charge is 0.379 e. The second-order valence-electron chi connectivity index (χ2n) is 2.99. The minimum Gasteiger partial charge on any atom is -0.379 e. The molecule has 0 aliphatic carbocycles. The fourth-order valence-electron chi connectivity index (χ4n) is 1.10. The van der Waals surface area contributed by atoms with Gasteiger partial charge in [-0.3, -0.25) is 4.68 Å². The highest BCUT2D eigenvalue weighted by Gasteiger charge is 2.16. The van der Waals surface area contributed by atoms with Crippen molar-refractivity contribution >= 4 is 26.0 Å². The Balaban J connectivity index is 2.45. The Kier molecular flexibility index (Phi) is 5.39. The van der Waals surface area contributed by atoms with Crippen molar-refractivity contribution in [2.75, 3.05) is 25.1 Å². The Labute approximate surface area is 103 Å². The molecule has 0 bridgehead atoms. The summed E-state index contributed by atoms with van der Waals surface area (Å²) >= 11 is 3.21. The van der Waals surface area contributed by atoms with Crippen LogP contribution in [0.25, 0.3) is 0 Å². The number of hydrogen-bond donors (Lipinski definition) is 1. The fourth-order valence-corrected chi connectivity index (χ4v) is 2.47. The molecule has 0 saturated heterocycles. The maximum atomic E-state index is 11.7. The van der Waals surface area contributed by atoms with Crippen LogP contribution in [-0.2, 0) is 21.8 Å². The lowest BCUT2D eigenvalue weighted by atomic mass is 10.7. The minimum atomic E-state index is -3.48. The summed E-state index contributed by atoms with van der Waals surface area (Å²) in [7, 11) is -1.90. The fraction of sp³-hybridized carbons (Fsp3) is 0.625. The van der Waals surface area contributed by atoms with Gasteiger partial charge in [-0.2, -0.15) is 5.10 Å². The molecular weight excluding hydrogens is 298 g/mol. The molecule has 6 nitrogen and oxygen atoms in total. The molecule has 92 valence electrons. The third-order valence-corrected chi connectivity index (χ3v) is 3.67. The zero-order valence-electron chi connectivity index (χ0n) is 8.89. The van der Waals surface area contributed by atoms with Crippen LogP contribution in [0.1, 0.15) is 0 Å². The molecule has 1 aromatic heterocycles. The van der Waals surface area contributed by atoms with E-state index in [9.17, 15) is 8.42 Å². The van der Waals surface area contributed by atoms with Crippen molar-refractivity contribution in [2.45, 2.75) is 5.03 Å². The molecule has 1 rings (SSSR count).